The van der Waals surface area contributed by atoms with Crippen LogP contribution in [0, 0.1) is 17.0 Å². The maximum absolute atomic E-state index is 11.1. The van der Waals surface area contributed by atoms with Crippen LogP contribution in [0.1, 0.15) is 68.9 Å². The molecular formula is C35H46N2O3S2Si. The third-order valence-corrected chi connectivity index (χ3v) is 15.4. The van der Waals surface area contributed by atoms with E-state index < -0.39 is 8.32 Å². The van der Waals surface area contributed by atoms with Crippen LogP contribution in [0.2, 0.25) is 18.1 Å². The predicted molar refractivity (Wildman–Crippen MR) is 191 cm³/mol. The van der Waals surface area contributed by atoms with Gasteiger partial charge in [-0.05, 0) is 91.5 Å². The van der Waals surface area contributed by atoms with Gasteiger partial charge in [-0.3, -0.25) is 10.1 Å². The Morgan fingerprint density at radius 1 is 0.907 bits per heavy atom. The summed E-state index contributed by atoms with van der Waals surface area (Å²) in [4.78, 5) is 15.6. The van der Waals surface area contributed by atoms with Crippen molar-refractivity contribution in [2.75, 3.05) is 25.1 Å². The standard InChI is InChI=1S/C35H46N2O3S2Si/c1-26-23-27(14-20-31(26)37(38)39)13-19-30-24-33-34(41-30)25-32(42-33)28-15-17-29(18-16-28)36(5)21-11-9-8-10-12-22-40-43(6,7)35(2,3)4/h13-20,23-25H,8-12,21-22H2,1-7H3/b19-13+. The van der Waals surface area contributed by atoms with Crippen LogP contribution in [0.4, 0.5) is 11.4 Å². The fourth-order valence-electron chi connectivity index (χ4n) is 4.78. The molecule has 0 aliphatic rings. The highest BCUT2D eigenvalue weighted by atomic mass is 32.1. The van der Waals surface area contributed by atoms with E-state index in [9.17, 15) is 10.1 Å². The van der Waals surface area contributed by atoms with Crippen LogP contribution in [0.5, 0.6) is 0 Å². The number of rotatable bonds is 14. The van der Waals surface area contributed by atoms with Crippen LogP contribution >= 0.6 is 22.7 Å². The number of thiophene rings is 2. The monoisotopic (exact) mass is 634 g/mol. The molecule has 2 aromatic heterocycles. The number of hydrogen-bond acceptors (Lipinski definition) is 6. The Labute approximate surface area is 266 Å². The van der Waals surface area contributed by atoms with E-state index in [0.29, 0.717) is 10.6 Å². The molecular weight excluding hydrogens is 589 g/mol. The van der Waals surface area contributed by atoms with E-state index in [1.807, 2.05) is 23.5 Å². The third kappa shape index (κ3) is 8.88. The normalized spacial score (nSPS) is 12.4. The second-order valence-corrected chi connectivity index (χ2v) is 20.0. The Morgan fingerprint density at radius 3 is 2.23 bits per heavy atom. The Kier molecular flexibility index (Phi) is 11.0. The van der Waals surface area contributed by atoms with E-state index in [-0.39, 0.29) is 10.6 Å². The number of aryl methyl sites for hydroxylation is 1. The number of nitro benzene ring substituents is 1. The number of nitrogens with zero attached hydrogens (tertiary/aromatic N) is 2. The molecule has 0 saturated heterocycles. The van der Waals surface area contributed by atoms with Gasteiger partial charge in [0.2, 0.25) is 0 Å². The molecule has 43 heavy (non-hydrogen) atoms. The van der Waals surface area contributed by atoms with Crippen LogP contribution in [-0.4, -0.2) is 33.4 Å². The summed E-state index contributed by atoms with van der Waals surface area (Å²) in [5, 5.41) is 11.4. The molecule has 0 spiro atoms. The lowest BCUT2D eigenvalue weighted by atomic mass is 10.1. The summed E-state index contributed by atoms with van der Waals surface area (Å²) in [6.07, 6.45) is 10.3. The van der Waals surface area contributed by atoms with Crippen molar-refractivity contribution >= 4 is 63.9 Å². The summed E-state index contributed by atoms with van der Waals surface area (Å²) in [5.41, 5.74) is 4.32. The molecule has 2 aromatic carbocycles. The van der Waals surface area contributed by atoms with Gasteiger partial charge in [0, 0.05) is 56.7 Å². The third-order valence-electron chi connectivity index (χ3n) is 8.58. The molecule has 0 fully saturated rings. The Morgan fingerprint density at radius 2 is 1.58 bits per heavy atom. The van der Waals surface area contributed by atoms with Gasteiger partial charge in [-0.1, -0.05) is 58.2 Å². The second kappa shape index (κ2) is 14.3. The topological polar surface area (TPSA) is 55.6 Å². The molecule has 4 aromatic rings. The van der Waals surface area contributed by atoms with Crippen LogP contribution in [-0.2, 0) is 4.43 Å². The summed E-state index contributed by atoms with van der Waals surface area (Å²) < 4.78 is 8.87. The number of nitro groups is 1. The fraction of sp³-hybridized carbons (Fsp3) is 0.429. The number of unbranched alkanes of at least 4 members (excludes halogenated alkanes) is 4. The molecule has 4 rings (SSSR count). The van der Waals surface area contributed by atoms with E-state index in [4.69, 9.17) is 4.43 Å². The zero-order valence-electron chi connectivity index (χ0n) is 26.7. The molecule has 0 atom stereocenters. The average Bonchev–Trinajstić information content (AvgIpc) is 3.52. The second-order valence-electron chi connectivity index (χ2n) is 13.0. The lowest BCUT2D eigenvalue weighted by molar-refractivity contribution is -0.385. The van der Waals surface area contributed by atoms with E-state index in [0.717, 1.165) is 18.7 Å². The average molecular weight is 635 g/mol. The summed E-state index contributed by atoms with van der Waals surface area (Å²) in [6, 6.07) is 18.7. The van der Waals surface area contributed by atoms with Gasteiger partial charge in [0.05, 0.1) is 4.92 Å². The molecule has 0 aliphatic heterocycles. The van der Waals surface area contributed by atoms with Crippen molar-refractivity contribution in [1.82, 2.24) is 0 Å². The summed E-state index contributed by atoms with van der Waals surface area (Å²) in [7, 11) is 0.582. The molecule has 0 radical (unpaired) electrons. The van der Waals surface area contributed by atoms with Gasteiger partial charge in [0.15, 0.2) is 8.32 Å². The van der Waals surface area contributed by atoms with Crippen molar-refractivity contribution in [1.29, 1.82) is 0 Å². The van der Waals surface area contributed by atoms with Crippen molar-refractivity contribution in [3.05, 3.63) is 80.7 Å². The van der Waals surface area contributed by atoms with Gasteiger partial charge in [0.1, 0.15) is 0 Å². The first-order chi connectivity index (χ1) is 20.3. The molecule has 5 nitrogen and oxygen atoms in total. The van der Waals surface area contributed by atoms with E-state index in [1.165, 1.54) is 62.5 Å². The van der Waals surface area contributed by atoms with Gasteiger partial charge >= 0.3 is 0 Å². The minimum absolute atomic E-state index is 0.158. The Bertz CT molecular complexity index is 1520. The van der Waals surface area contributed by atoms with Crippen molar-refractivity contribution in [3.63, 3.8) is 0 Å². The van der Waals surface area contributed by atoms with E-state index >= 15 is 0 Å². The molecule has 0 saturated carbocycles. The van der Waals surface area contributed by atoms with Gasteiger partial charge in [-0.25, -0.2) is 0 Å². The first-order valence-corrected chi connectivity index (χ1v) is 19.8. The molecule has 0 unspecified atom stereocenters. The lowest BCUT2D eigenvalue weighted by Gasteiger charge is -2.36. The summed E-state index contributed by atoms with van der Waals surface area (Å²) >= 11 is 3.60. The quantitative estimate of drug-likeness (QED) is 0.0599. The largest absolute Gasteiger partial charge is 0.417 e. The molecule has 2 heterocycles. The summed E-state index contributed by atoms with van der Waals surface area (Å²) in [6.45, 7) is 15.3. The van der Waals surface area contributed by atoms with Crippen molar-refractivity contribution in [2.45, 2.75) is 77.9 Å². The van der Waals surface area contributed by atoms with Crippen molar-refractivity contribution in [2.24, 2.45) is 0 Å². The molecule has 8 heteroatoms. The molecule has 0 bridgehead atoms. The first-order valence-electron chi connectivity index (χ1n) is 15.3. The van der Waals surface area contributed by atoms with Gasteiger partial charge in [-0.2, -0.15) is 0 Å². The number of fused-ring (bicyclic) bond motifs is 1. The molecule has 0 amide bonds. The zero-order chi connectivity index (χ0) is 31.2. The first kappa shape index (κ1) is 33.1. The van der Waals surface area contributed by atoms with Crippen molar-refractivity contribution in [3.8, 4) is 10.4 Å². The van der Waals surface area contributed by atoms with E-state index in [2.05, 4.69) is 88.3 Å². The van der Waals surface area contributed by atoms with Crippen molar-refractivity contribution < 1.29 is 9.35 Å². The Balaban J connectivity index is 1.22. The maximum Gasteiger partial charge on any atom is 0.272 e. The SMILES string of the molecule is Cc1cc(/C=C/c2cc3sc(-c4ccc(N(C)CCCCCCCO[Si](C)(C)C(C)(C)C)cc4)cc3s2)ccc1[N+](=O)[O-]. The number of hydrogen-bond donors (Lipinski definition) is 0. The van der Waals surface area contributed by atoms with E-state index in [1.54, 1.807) is 30.4 Å². The highest BCUT2D eigenvalue weighted by Gasteiger charge is 2.36. The number of benzene rings is 2. The minimum Gasteiger partial charge on any atom is -0.417 e. The van der Waals surface area contributed by atoms with Crippen LogP contribution in [0.15, 0.2) is 54.6 Å². The smallest absolute Gasteiger partial charge is 0.272 e. The lowest BCUT2D eigenvalue weighted by Crippen LogP contribution is -2.40. The molecule has 0 N–H and O–H groups in total. The fourth-order valence-corrected chi connectivity index (χ4v) is 8.18. The van der Waals surface area contributed by atoms with Gasteiger partial charge in [0.25, 0.3) is 5.69 Å². The minimum atomic E-state index is -1.61. The highest BCUT2D eigenvalue weighted by molar-refractivity contribution is 7.29. The molecule has 230 valence electrons. The predicted octanol–water partition coefficient (Wildman–Crippen LogP) is 11.4. The van der Waals surface area contributed by atoms with Gasteiger partial charge < -0.3 is 9.33 Å². The van der Waals surface area contributed by atoms with Crippen LogP contribution < -0.4 is 4.90 Å². The highest BCUT2D eigenvalue weighted by Crippen LogP contribution is 2.39. The van der Waals surface area contributed by atoms with Crippen LogP contribution in [0.25, 0.3) is 32.0 Å². The summed E-state index contributed by atoms with van der Waals surface area (Å²) in [5.74, 6) is 0. The van der Waals surface area contributed by atoms with Gasteiger partial charge in [-0.15, -0.1) is 22.7 Å². The Hall–Kier alpha value is -2.78. The zero-order valence-corrected chi connectivity index (χ0v) is 29.4. The molecule has 0 aliphatic carbocycles. The van der Waals surface area contributed by atoms with Crippen LogP contribution in [0.3, 0.4) is 0 Å². The maximum atomic E-state index is 11.1. The number of anilines is 1.